The van der Waals surface area contributed by atoms with E-state index in [1.807, 2.05) is 4.90 Å². The van der Waals surface area contributed by atoms with E-state index < -0.39 is 0 Å². The zero-order valence-electron chi connectivity index (χ0n) is 11.6. The van der Waals surface area contributed by atoms with Crippen molar-refractivity contribution in [3.8, 4) is 0 Å². The lowest BCUT2D eigenvalue weighted by Gasteiger charge is -2.34. The van der Waals surface area contributed by atoms with Crippen molar-refractivity contribution in [1.29, 1.82) is 0 Å². The highest BCUT2D eigenvalue weighted by atomic mass is 16.2. The van der Waals surface area contributed by atoms with Crippen LogP contribution >= 0.6 is 0 Å². The number of nitrogens with zero attached hydrogens (tertiary/aromatic N) is 2. The van der Waals surface area contributed by atoms with Crippen molar-refractivity contribution < 1.29 is 4.79 Å². The van der Waals surface area contributed by atoms with Crippen LogP contribution in [0.2, 0.25) is 0 Å². The Morgan fingerprint density at radius 3 is 2.32 bits per heavy atom. The Bertz CT molecular complexity index is 442. The molecule has 0 atom stereocenters. The highest BCUT2D eigenvalue weighted by molar-refractivity contribution is 5.78. The van der Waals surface area contributed by atoms with E-state index in [-0.39, 0.29) is 5.91 Å². The number of piperazine rings is 1. The quantitative estimate of drug-likeness (QED) is 0.826. The number of carbonyl (C=O) groups excluding carboxylic acids is 1. The van der Waals surface area contributed by atoms with Gasteiger partial charge in [0.05, 0.1) is 6.42 Å². The first-order valence-corrected chi connectivity index (χ1v) is 7.30. The maximum Gasteiger partial charge on any atom is 0.227 e. The summed E-state index contributed by atoms with van der Waals surface area (Å²) in [6, 6.07) is 9.11. The molecule has 1 amide bonds. The van der Waals surface area contributed by atoms with Gasteiger partial charge in [0.2, 0.25) is 5.91 Å². The van der Waals surface area contributed by atoms with E-state index >= 15 is 0 Å². The number of aryl methyl sites for hydroxylation is 1. The van der Waals surface area contributed by atoms with Crippen LogP contribution in [-0.4, -0.2) is 47.9 Å². The highest BCUT2D eigenvalue weighted by Crippen LogP contribution is 2.27. The first-order valence-electron chi connectivity index (χ1n) is 7.30. The minimum absolute atomic E-state index is 0.277. The fourth-order valence-corrected chi connectivity index (χ4v) is 2.77. The number of hydrogen-bond acceptors (Lipinski definition) is 2. The summed E-state index contributed by atoms with van der Waals surface area (Å²) in [6.45, 7) is 6.00. The smallest absolute Gasteiger partial charge is 0.227 e. The molecule has 1 heterocycles. The van der Waals surface area contributed by atoms with E-state index in [2.05, 4.69) is 36.1 Å². The van der Waals surface area contributed by atoms with Crippen molar-refractivity contribution in [2.75, 3.05) is 26.2 Å². The molecular weight excluding hydrogens is 236 g/mol. The molecule has 102 valence electrons. The Balaban J connectivity index is 1.51. The predicted octanol–water partition coefficient (Wildman–Crippen LogP) is 1.84. The highest BCUT2D eigenvalue weighted by Gasteiger charge is 2.32. The molecular formula is C16H22N2O. The lowest BCUT2D eigenvalue weighted by Crippen LogP contribution is -2.49. The summed E-state index contributed by atoms with van der Waals surface area (Å²) in [5, 5.41) is 0. The van der Waals surface area contributed by atoms with Crippen LogP contribution in [0.4, 0.5) is 0 Å². The zero-order chi connectivity index (χ0) is 13.2. The predicted molar refractivity (Wildman–Crippen MR) is 76.1 cm³/mol. The summed E-state index contributed by atoms with van der Waals surface area (Å²) in [5.74, 6) is 0.277. The summed E-state index contributed by atoms with van der Waals surface area (Å²) in [4.78, 5) is 16.8. The third-order valence-corrected chi connectivity index (χ3v) is 4.21. The summed E-state index contributed by atoms with van der Waals surface area (Å²) < 4.78 is 0. The molecule has 3 heteroatoms. The Kier molecular flexibility index (Phi) is 3.56. The molecule has 2 aliphatic rings. The molecule has 3 nitrogen and oxygen atoms in total. The molecule has 1 saturated heterocycles. The molecule has 1 aliphatic carbocycles. The van der Waals surface area contributed by atoms with Crippen molar-refractivity contribution in [3.63, 3.8) is 0 Å². The number of amides is 1. The number of carbonyl (C=O) groups is 1. The molecule has 1 aromatic carbocycles. The van der Waals surface area contributed by atoms with E-state index in [4.69, 9.17) is 0 Å². The van der Waals surface area contributed by atoms with Gasteiger partial charge < -0.3 is 4.90 Å². The molecule has 0 aromatic heterocycles. The molecule has 0 bridgehead atoms. The first-order chi connectivity index (χ1) is 9.22. The van der Waals surface area contributed by atoms with Gasteiger partial charge in [0.25, 0.3) is 0 Å². The van der Waals surface area contributed by atoms with Crippen LogP contribution in [0.25, 0.3) is 0 Å². The van der Waals surface area contributed by atoms with Crippen molar-refractivity contribution in [2.45, 2.75) is 32.2 Å². The number of benzene rings is 1. The summed E-state index contributed by atoms with van der Waals surface area (Å²) >= 11 is 0. The first kappa shape index (κ1) is 12.7. The standard InChI is InChI=1S/C16H22N2O/c1-13-2-4-14(5-3-13)12-16(19)18-10-8-17(9-11-18)15-6-7-15/h2-5,15H,6-12H2,1H3. The van der Waals surface area contributed by atoms with Crippen LogP contribution in [-0.2, 0) is 11.2 Å². The fraction of sp³-hybridized carbons (Fsp3) is 0.562. The minimum Gasteiger partial charge on any atom is -0.340 e. The lowest BCUT2D eigenvalue weighted by atomic mass is 10.1. The van der Waals surface area contributed by atoms with Crippen LogP contribution in [0.15, 0.2) is 24.3 Å². The molecule has 3 rings (SSSR count). The lowest BCUT2D eigenvalue weighted by molar-refractivity contribution is -0.132. The van der Waals surface area contributed by atoms with Crippen LogP contribution in [0, 0.1) is 6.92 Å². The van der Waals surface area contributed by atoms with Gasteiger partial charge in [0, 0.05) is 32.2 Å². The second kappa shape index (κ2) is 5.33. The molecule has 1 aliphatic heterocycles. The maximum absolute atomic E-state index is 12.3. The van der Waals surface area contributed by atoms with E-state index in [1.165, 1.54) is 18.4 Å². The van der Waals surface area contributed by atoms with Gasteiger partial charge in [-0.25, -0.2) is 0 Å². The largest absolute Gasteiger partial charge is 0.340 e. The van der Waals surface area contributed by atoms with Crippen molar-refractivity contribution in [3.05, 3.63) is 35.4 Å². The topological polar surface area (TPSA) is 23.6 Å². The third-order valence-electron chi connectivity index (χ3n) is 4.21. The Labute approximate surface area is 115 Å². The molecule has 0 spiro atoms. The molecule has 19 heavy (non-hydrogen) atoms. The van der Waals surface area contributed by atoms with E-state index in [0.29, 0.717) is 6.42 Å². The fourth-order valence-electron chi connectivity index (χ4n) is 2.77. The van der Waals surface area contributed by atoms with Crippen LogP contribution in [0.3, 0.4) is 0 Å². The Hall–Kier alpha value is -1.35. The van der Waals surface area contributed by atoms with Gasteiger partial charge in [-0.2, -0.15) is 0 Å². The second-order valence-corrected chi connectivity index (χ2v) is 5.81. The van der Waals surface area contributed by atoms with Crippen LogP contribution < -0.4 is 0 Å². The molecule has 1 saturated carbocycles. The average Bonchev–Trinajstić information content (AvgIpc) is 3.26. The molecule has 1 aromatic rings. The van der Waals surface area contributed by atoms with Gasteiger partial charge in [-0.1, -0.05) is 29.8 Å². The second-order valence-electron chi connectivity index (χ2n) is 5.81. The van der Waals surface area contributed by atoms with Crippen LogP contribution in [0.5, 0.6) is 0 Å². The van der Waals surface area contributed by atoms with Gasteiger partial charge in [0.15, 0.2) is 0 Å². The molecule has 0 radical (unpaired) electrons. The van der Waals surface area contributed by atoms with E-state index in [0.717, 1.165) is 37.8 Å². The number of hydrogen-bond donors (Lipinski definition) is 0. The van der Waals surface area contributed by atoms with E-state index in [9.17, 15) is 4.79 Å². The van der Waals surface area contributed by atoms with Gasteiger partial charge in [-0.15, -0.1) is 0 Å². The van der Waals surface area contributed by atoms with E-state index in [1.54, 1.807) is 0 Å². The normalized spacial score (nSPS) is 20.6. The maximum atomic E-state index is 12.3. The molecule has 0 N–H and O–H groups in total. The SMILES string of the molecule is Cc1ccc(CC(=O)N2CCN(C3CC3)CC2)cc1. The van der Waals surface area contributed by atoms with Crippen molar-refractivity contribution in [2.24, 2.45) is 0 Å². The van der Waals surface area contributed by atoms with Crippen molar-refractivity contribution >= 4 is 5.91 Å². The van der Waals surface area contributed by atoms with Gasteiger partial charge in [0.1, 0.15) is 0 Å². The van der Waals surface area contributed by atoms with Crippen molar-refractivity contribution in [1.82, 2.24) is 9.80 Å². The number of rotatable bonds is 3. The third kappa shape index (κ3) is 3.16. The van der Waals surface area contributed by atoms with Gasteiger partial charge >= 0.3 is 0 Å². The zero-order valence-corrected chi connectivity index (χ0v) is 11.6. The summed E-state index contributed by atoms with van der Waals surface area (Å²) in [5.41, 5.74) is 2.37. The monoisotopic (exact) mass is 258 g/mol. The summed E-state index contributed by atoms with van der Waals surface area (Å²) in [7, 11) is 0. The van der Waals surface area contributed by atoms with Gasteiger partial charge in [-0.3, -0.25) is 9.69 Å². The molecule has 2 fully saturated rings. The Morgan fingerprint density at radius 2 is 1.74 bits per heavy atom. The minimum atomic E-state index is 0.277. The summed E-state index contributed by atoms with van der Waals surface area (Å²) in [6.07, 6.45) is 3.26. The average molecular weight is 258 g/mol. The molecule has 0 unspecified atom stereocenters. The van der Waals surface area contributed by atoms with Gasteiger partial charge in [-0.05, 0) is 25.3 Å². The van der Waals surface area contributed by atoms with Crippen LogP contribution in [0.1, 0.15) is 24.0 Å². The Morgan fingerprint density at radius 1 is 1.11 bits per heavy atom.